The number of piperidine rings is 1. The highest BCUT2D eigenvalue weighted by atomic mass is 35.5. The standard InChI is InChI=1S/C17H17ClN6O2/c1-11(25)23-8-6-14(7-9-23)24-10-15(19-22-24)17-21-20-16(26-17)12-2-4-13(18)5-3-12/h2-5,10,14H,6-9H2,1H3. The second-order valence-electron chi connectivity index (χ2n) is 6.24. The van der Waals surface area contributed by atoms with Crippen LogP contribution in [0.3, 0.4) is 0 Å². The van der Waals surface area contributed by atoms with Gasteiger partial charge in [-0.15, -0.1) is 15.3 Å². The maximum atomic E-state index is 11.4. The van der Waals surface area contributed by atoms with Gasteiger partial charge in [-0.25, -0.2) is 4.68 Å². The first-order valence-corrected chi connectivity index (χ1v) is 8.75. The fraction of sp³-hybridized carbons (Fsp3) is 0.353. The van der Waals surface area contributed by atoms with Gasteiger partial charge in [-0.2, -0.15) is 0 Å². The maximum absolute atomic E-state index is 11.4. The van der Waals surface area contributed by atoms with Crippen molar-refractivity contribution in [3.05, 3.63) is 35.5 Å². The van der Waals surface area contributed by atoms with Crippen molar-refractivity contribution in [1.29, 1.82) is 0 Å². The Labute approximate surface area is 154 Å². The van der Waals surface area contributed by atoms with E-state index in [1.165, 1.54) is 0 Å². The van der Waals surface area contributed by atoms with E-state index in [9.17, 15) is 4.79 Å². The zero-order valence-corrected chi connectivity index (χ0v) is 14.9. The Kier molecular flexibility index (Phi) is 4.42. The second kappa shape index (κ2) is 6.87. The molecule has 26 heavy (non-hydrogen) atoms. The van der Waals surface area contributed by atoms with Crippen molar-refractivity contribution in [2.45, 2.75) is 25.8 Å². The third-order valence-corrected chi connectivity index (χ3v) is 4.78. The molecule has 8 nitrogen and oxygen atoms in total. The van der Waals surface area contributed by atoms with E-state index in [1.54, 1.807) is 19.1 Å². The lowest BCUT2D eigenvalue weighted by Crippen LogP contribution is -2.37. The molecular formula is C17H17ClN6O2. The molecule has 1 saturated heterocycles. The number of likely N-dealkylation sites (tertiary alicyclic amines) is 1. The summed E-state index contributed by atoms with van der Waals surface area (Å²) in [7, 11) is 0. The lowest BCUT2D eigenvalue weighted by molar-refractivity contribution is -0.130. The summed E-state index contributed by atoms with van der Waals surface area (Å²) in [6.45, 7) is 3.06. The van der Waals surface area contributed by atoms with E-state index in [2.05, 4.69) is 20.5 Å². The van der Waals surface area contributed by atoms with Crippen LogP contribution in [0.1, 0.15) is 25.8 Å². The fourth-order valence-corrected chi connectivity index (χ4v) is 3.16. The maximum Gasteiger partial charge on any atom is 0.270 e. The van der Waals surface area contributed by atoms with Crippen LogP contribution in [0.5, 0.6) is 0 Å². The molecule has 3 aromatic rings. The summed E-state index contributed by atoms with van der Waals surface area (Å²) in [4.78, 5) is 13.3. The number of aromatic nitrogens is 5. The lowest BCUT2D eigenvalue weighted by Gasteiger charge is -2.30. The van der Waals surface area contributed by atoms with Gasteiger partial charge in [-0.1, -0.05) is 16.8 Å². The predicted octanol–water partition coefficient (Wildman–Crippen LogP) is 2.83. The van der Waals surface area contributed by atoms with E-state index >= 15 is 0 Å². The van der Waals surface area contributed by atoms with Gasteiger partial charge in [0.05, 0.1) is 12.2 Å². The molecule has 0 radical (unpaired) electrons. The number of carbonyl (C=O) groups is 1. The number of benzene rings is 1. The summed E-state index contributed by atoms with van der Waals surface area (Å²) in [5.41, 5.74) is 1.32. The molecule has 0 bridgehead atoms. The van der Waals surface area contributed by atoms with Gasteiger partial charge in [0, 0.05) is 30.6 Å². The third kappa shape index (κ3) is 3.32. The Morgan fingerprint density at radius 1 is 1.12 bits per heavy atom. The zero-order valence-electron chi connectivity index (χ0n) is 14.2. The highest BCUT2D eigenvalue weighted by Gasteiger charge is 2.24. The molecule has 0 saturated carbocycles. The molecule has 1 amide bonds. The van der Waals surface area contributed by atoms with Crippen LogP contribution in [-0.4, -0.2) is 49.1 Å². The zero-order chi connectivity index (χ0) is 18.1. The predicted molar refractivity (Wildman–Crippen MR) is 94.3 cm³/mol. The minimum Gasteiger partial charge on any atom is -0.414 e. The Morgan fingerprint density at radius 2 is 1.81 bits per heavy atom. The van der Waals surface area contributed by atoms with E-state index in [0.717, 1.165) is 31.5 Å². The fourth-order valence-electron chi connectivity index (χ4n) is 3.03. The number of hydrogen-bond donors (Lipinski definition) is 0. The van der Waals surface area contributed by atoms with E-state index < -0.39 is 0 Å². The topological polar surface area (TPSA) is 89.9 Å². The van der Waals surface area contributed by atoms with Gasteiger partial charge in [0.1, 0.15) is 0 Å². The molecule has 134 valence electrons. The van der Waals surface area contributed by atoms with Crippen molar-refractivity contribution in [2.24, 2.45) is 0 Å². The Hall–Kier alpha value is -2.74. The van der Waals surface area contributed by atoms with Crippen molar-refractivity contribution >= 4 is 17.5 Å². The summed E-state index contributed by atoms with van der Waals surface area (Å²) in [5.74, 6) is 0.840. The van der Waals surface area contributed by atoms with Gasteiger partial charge >= 0.3 is 0 Å². The number of nitrogens with zero attached hydrogens (tertiary/aromatic N) is 6. The SMILES string of the molecule is CC(=O)N1CCC(n2cc(-c3nnc(-c4ccc(Cl)cc4)o3)nn2)CC1. The average Bonchev–Trinajstić information content (AvgIpc) is 3.32. The van der Waals surface area contributed by atoms with Gasteiger partial charge in [0.2, 0.25) is 11.8 Å². The number of hydrogen-bond acceptors (Lipinski definition) is 6. The second-order valence-corrected chi connectivity index (χ2v) is 6.68. The van der Waals surface area contributed by atoms with Gasteiger partial charge in [-0.3, -0.25) is 4.79 Å². The molecule has 1 fully saturated rings. The molecule has 3 heterocycles. The van der Waals surface area contributed by atoms with Crippen molar-refractivity contribution in [1.82, 2.24) is 30.1 Å². The molecule has 1 aliphatic rings. The van der Waals surface area contributed by atoms with Crippen molar-refractivity contribution < 1.29 is 9.21 Å². The smallest absolute Gasteiger partial charge is 0.270 e. The first-order chi connectivity index (χ1) is 12.6. The Bertz CT molecular complexity index is 911. The molecule has 9 heteroatoms. The monoisotopic (exact) mass is 372 g/mol. The first kappa shape index (κ1) is 16.7. The summed E-state index contributed by atoms with van der Waals surface area (Å²) in [5, 5.41) is 17.1. The van der Waals surface area contributed by atoms with Crippen LogP contribution in [0.15, 0.2) is 34.9 Å². The average molecular weight is 373 g/mol. The van der Waals surface area contributed by atoms with Crippen LogP contribution >= 0.6 is 11.6 Å². The van der Waals surface area contributed by atoms with Crippen LogP contribution in [0.2, 0.25) is 5.02 Å². The van der Waals surface area contributed by atoms with Crippen LogP contribution in [0.25, 0.3) is 23.0 Å². The molecular weight excluding hydrogens is 356 g/mol. The number of amides is 1. The van der Waals surface area contributed by atoms with Crippen LogP contribution in [0.4, 0.5) is 0 Å². The highest BCUT2D eigenvalue weighted by molar-refractivity contribution is 6.30. The normalized spacial score (nSPS) is 15.4. The molecule has 0 spiro atoms. The van der Waals surface area contributed by atoms with Gasteiger partial charge in [0.15, 0.2) is 5.69 Å². The van der Waals surface area contributed by atoms with Gasteiger partial charge in [-0.05, 0) is 37.1 Å². The van der Waals surface area contributed by atoms with Crippen molar-refractivity contribution in [3.8, 4) is 23.0 Å². The highest BCUT2D eigenvalue weighted by Crippen LogP contribution is 2.26. The molecule has 1 aliphatic heterocycles. The van der Waals surface area contributed by atoms with E-state index in [1.807, 2.05) is 27.9 Å². The van der Waals surface area contributed by atoms with E-state index in [4.69, 9.17) is 16.0 Å². The minimum atomic E-state index is 0.114. The van der Waals surface area contributed by atoms with Crippen LogP contribution < -0.4 is 0 Å². The van der Waals surface area contributed by atoms with Gasteiger partial charge in [0.25, 0.3) is 5.89 Å². The lowest BCUT2D eigenvalue weighted by atomic mass is 10.1. The summed E-state index contributed by atoms with van der Waals surface area (Å²) < 4.78 is 7.53. The Balaban J connectivity index is 1.48. The summed E-state index contributed by atoms with van der Waals surface area (Å²) >= 11 is 5.89. The van der Waals surface area contributed by atoms with E-state index in [-0.39, 0.29) is 11.9 Å². The number of halogens is 1. The summed E-state index contributed by atoms with van der Waals surface area (Å²) in [6.07, 6.45) is 3.51. The quantitative estimate of drug-likeness (QED) is 0.702. The largest absolute Gasteiger partial charge is 0.414 e. The van der Waals surface area contributed by atoms with Gasteiger partial charge < -0.3 is 9.32 Å². The van der Waals surface area contributed by atoms with Crippen LogP contribution in [-0.2, 0) is 4.79 Å². The summed E-state index contributed by atoms with van der Waals surface area (Å²) in [6, 6.07) is 7.39. The molecule has 0 unspecified atom stereocenters. The molecule has 0 N–H and O–H groups in total. The van der Waals surface area contributed by atoms with Crippen LogP contribution in [0, 0.1) is 0 Å². The minimum absolute atomic E-state index is 0.114. The molecule has 0 atom stereocenters. The number of rotatable bonds is 3. The molecule has 2 aromatic heterocycles. The first-order valence-electron chi connectivity index (χ1n) is 8.37. The van der Waals surface area contributed by atoms with Crippen molar-refractivity contribution in [3.63, 3.8) is 0 Å². The molecule has 0 aliphatic carbocycles. The Morgan fingerprint density at radius 3 is 2.50 bits per heavy atom. The molecule has 4 rings (SSSR count). The van der Waals surface area contributed by atoms with E-state index in [0.29, 0.717) is 22.5 Å². The molecule has 1 aromatic carbocycles. The number of carbonyl (C=O) groups excluding carboxylic acids is 1. The van der Waals surface area contributed by atoms with Crippen molar-refractivity contribution in [2.75, 3.05) is 13.1 Å². The third-order valence-electron chi connectivity index (χ3n) is 4.53.